The van der Waals surface area contributed by atoms with Gasteiger partial charge in [0.2, 0.25) is 0 Å². The van der Waals surface area contributed by atoms with E-state index in [0.29, 0.717) is 22.8 Å². The third-order valence-corrected chi connectivity index (χ3v) is 3.36. The fourth-order valence-corrected chi connectivity index (χ4v) is 1.42. The molecule has 5 heteroatoms. The summed E-state index contributed by atoms with van der Waals surface area (Å²) in [6, 6.07) is 5.67. The summed E-state index contributed by atoms with van der Waals surface area (Å²) in [4.78, 5) is 4.30. The molecule has 0 unspecified atom stereocenters. The molecule has 5 nitrogen and oxygen atoms in total. The van der Waals surface area contributed by atoms with Crippen molar-refractivity contribution in [3.8, 4) is 0 Å². The monoisotopic (exact) mass is 249 g/mol. The Balaban J connectivity index is 2.33. The van der Waals surface area contributed by atoms with Crippen LogP contribution < -0.4 is 11.1 Å². The predicted molar refractivity (Wildman–Crippen MR) is 72.4 cm³/mol. The highest BCUT2D eigenvalue weighted by Gasteiger charge is 2.36. The highest BCUT2D eigenvalue weighted by Crippen LogP contribution is 2.28. The third-order valence-electron chi connectivity index (χ3n) is 3.36. The van der Waals surface area contributed by atoms with E-state index in [4.69, 9.17) is 10.2 Å². The van der Waals surface area contributed by atoms with Crippen LogP contribution in [-0.4, -0.2) is 21.2 Å². The SMILES string of the molecule is CC(C)(O)C(C)(C)Nc1nc2cc(N)ccc2o1. The Labute approximate surface area is 106 Å². The van der Waals surface area contributed by atoms with Gasteiger partial charge in [0, 0.05) is 5.69 Å². The number of aliphatic hydroxyl groups is 1. The number of nitrogens with zero attached hydrogens (tertiary/aromatic N) is 1. The van der Waals surface area contributed by atoms with Crippen molar-refractivity contribution in [2.45, 2.75) is 38.8 Å². The zero-order valence-electron chi connectivity index (χ0n) is 11.1. The van der Waals surface area contributed by atoms with E-state index in [1.807, 2.05) is 13.8 Å². The zero-order valence-corrected chi connectivity index (χ0v) is 11.1. The average molecular weight is 249 g/mol. The molecule has 1 aromatic carbocycles. The Morgan fingerprint density at radius 1 is 1.28 bits per heavy atom. The number of fused-ring (bicyclic) bond motifs is 1. The molecule has 0 aliphatic rings. The maximum absolute atomic E-state index is 10.1. The summed E-state index contributed by atoms with van der Waals surface area (Å²) in [6.07, 6.45) is 0. The molecule has 98 valence electrons. The minimum absolute atomic E-state index is 0.378. The van der Waals surface area contributed by atoms with E-state index in [2.05, 4.69) is 10.3 Å². The van der Waals surface area contributed by atoms with Crippen LogP contribution in [0.2, 0.25) is 0 Å². The Kier molecular flexibility index (Phi) is 2.74. The highest BCUT2D eigenvalue weighted by atomic mass is 16.4. The minimum atomic E-state index is -0.910. The predicted octanol–water partition coefficient (Wildman–Crippen LogP) is 2.37. The molecule has 0 fully saturated rings. The van der Waals surface area contributed by atoms with Crippen molar-refractivity contribution in [2.75, 3.05) is 11.1 Å². The fraction of sp³-hybridized carbons (Fsp3) is 0.462. The summed E-state index contributed by atoms with van der Waals surface area (Å²) in [7, 11) is 0. The van der Waals surface area contributed by atoms with Gasteiger partial charge in [0.15, 0.2) is 5.58 Å². The first kappa shape index (κ1) is 12.7. The van der Waals surface area contributed by atoms with Crippen LogP contribution in [0.25, 0.3) is 11.1 Å². The van der Waals surface area contributed by atoms with Gasteiger partial charge in [-0.2, -0.15) is 4.98 Å². The van der Waals surface area contributed by atoms with Gasteiger partial charge in [-0.25, -0.2) is 0 Å². The molecule has 0 saturated heterocycles. The summed E-state index contributed by atoms with van der Waals surface area (Å²) in [5, 5.41) is 13.2. The molecule has 0 atom stereocenters. The molecule has 0 bridgehead atoms. The van der Waals surface area contributed by atoms with Crippen molar-refractivity contribution in [3.05, 3.63) is 18.2 Å². The Morgan fingerprint density at radius 3 is 2.56 bits per heavy atom. The smallest absolute Gasteiger partial charge is 0.296 e. The highest BCUT2D eigenvalue weighted by molar-refractivity contribution is 5.78. The number of nitrogens with one attached hydrogen (secondary N) is 1. The second-order valence-electron chi connectivity index (χ2n) is 5.56. The van der Waals surface area contributed by atoms with Crippen LogP contribution in [0.3, 0.4) is 0 Å². The minimum Gasteiger partial charge on any atom is -0.424 e. The van der Waals surface area contributed by atoms with Crippen molar-refractivity contribution >= 4 is 22.8 Å². The van der Waals surface area contributed by atoms with Crippen LogP contribution in [-0.2, 0) is 0 Å². The van der Waals surface area contributed by atoms with E-state index in [1.54, 1.807) is 32.0 Å². The topological polar surface area (TPSA) is 84.3 Å². The molecule has 0 spiro atoms. The van der Waals surface area contributed by atoms with Crippen LogP contribution >= 0.6 is 0 Å². The number of oxazole rings is 1. The van der Waals surface area contributed by atoms with Gasteiger partial charge in [-0.15, -0.1) is 0 Å². The molecule has 18 heavy (non-hydrogen) atoms. The third kappa shape index (κ3) is 2.26. The van der Waals surface area contributed by atoms with Gasteiger partial charge in [0.25, 0.3) is 6.01 Å². The molecular weight excluding hydrogens is 230 g/mol. The molecule has 0 aliphatic heterocycles. The lowest BCUT2D eigenvalue weighted by molar-refractivity contribution is 0.0230. The first-order valence-electron chi connectivity index (χ1n) is 5.86. The van der Waals surface area contributed by atoms with Gasteiger partial charge in [0.05, 0.1) is 11.1 Å². The largest absolute Gasteiger partial charge is 0.424 e. The molecule has 0 amide bonds. The zero-order chi connectivity index (χ0) is 13.6. The molecule has 2 aromatic rings. The normalized spacial score (nSPS) is 12.9. The van der Waals surface area contributed by atoms with Gasteiger partial charge >= 0.3 is 0 Å². The van der Waals surface area contributed by atoms with Gasteiger partial charge < -0.3 is 20.6 Å². The molecule has 2 rings (SSSR count). The molecule has 4 N–H and O–H groups in total. The Hall–Kier alpha value is -1.75. The Morgan fingerprint density at radius 2 is 1.94 bits per heavy atom. The summed E-state index contributed by atoms with van der Waals surface area (Å²) >= 11 is 0. The molecule has 0 saturated carbocycles. The van der Waals surface area contributed by atoms with Gasteiger partial charge in [-0.05, 0) is 45.9 Å². The molecule has 0 radical (unpaired) electrons. The van der Waals surface area contributed by atoms with Gasteiger partial charge in [-0.1, -0.05) is 0 Å². The molecular formula is C13H19N3O2. The lowest BCUT2D eigenvalue weighted by Crippen LogP contribution is -2.51. The number of benzene rings is 1. The van der Waals surface area contributed by atoms with Crippen molar-refractivity contribution in [1.82, 2.24) is 4.98 Å². The lowest BCUT2D eigenvalue weighted by atomic mass is 9.86. The van der Waals surface area contributed by atoms with E-state index in [9.17, 15) is 5.11 Å². The van der Waals surface area contributed by atoms with E-state index in [0.717, 1.165) is 0 Å². The van der Waals surface area contributed by atoms with Crippen molar-refractivity contribution in [3.63, 3.8) is 0 Å². The van der Waals surface area contributed by atoms with Crippen LogP contribution in [0.1, 0.15) is 27.7 Å². The van der Waals surface area contributed by atoms with E-state index < -0.39 is 11.1 Å². The van der Waals surface area contributed by atoms with Gasteiger partial charge in [0.1, 0.15) is 5.52 Å². The lowest BCUT2D eigenvalue weighted by Gasteiger charge is -2.37. The standard InChI is InChI=1S/C13H19N3O2/c1-12(2,13(3,4)17)16-11-15-9-7-8(14)5-6-10(9)18-11/h5-7,17H,14H2,1-4H3,(H,15,16). The average Bonchev–Trinajstić information content (AvgIpc) is 2.56. The molecule has 1 heterocycles. The van der Waals surface area contributed by atoms with Crippen molar-refractivity contribution in [1.29, 1.82) is 0 Å². The fourth-order valence-electron chi connectivity index (χ4n) is 1.42. The van der Waals surface area contributed by atoms with Crippen LogP contribution in [0, 0.1) is 0 Å². The second-order valence-corrected chi connectivity index (χ2v) is 5.56. The van der Waals surface area contributed by atoms with Crippen molar-refractivity contribution < 1.29 is 9.52 Å². The first-order valence-corrected chi connectivity index (χ1v) is 5.86. The summed E-state index contributed by atoms with van der Waals surface area (Å²) in [5.74, 6) is 0. The summed E-state index contributed by atoms with van der Waals surface area (Å²) < 4.78 is 5.57. The maximum atomic E-state index is 10.1. The maximum Gasteiger partial charge on any atom is 0.296 e. The number of rotatable bonds is 3. The second kappa shape index (κ2) is 3.88. The van der Waals surface area contributed by atoms with Crippen LogP contribution in [0.15, 0.2) is 22.6 Å². The van der Waals surface area contributed by atoms with E-state index in [1.165, 1.54) is 0 Å². The summed E-state index contributed by atoms with van der Waals surface area (Å²) in [5.41, 5.74) is 6.21. The summed E-state index contributed by atoms with van der Waals surface area (Å²) in [6.45, 7) is 7.24. The van der Waals surface area contributed by atoms with Crippen LogP contribution in [0.4, 0.5) is 11.7 Å². The number of anilines is 2. The number of hydrogen-bond acceptors (Lipinski definition) is 5. The van der Waals surface area contributed by atoms with E-state index >= 15 is 0 Å². The Bertz CT molecular complexity index is 567. The first-order chi connectivity index (χ1) is 8.19. The van der Waals surface area contributed by atoms with Crippen molar-refractivity contribution in [2.24, 2.45) is 0 Å². The molecule has 0 aliphatic carbocycles. The molecule has 1 aromatic heterocycles. The van der Waals surface area contributed by atoms with Gasteiger partial charge in [-0.3, -0.25) is 0 Å². The number of nitrogens with two attached hydrogens (primary N) is 1. The quantitative estimate of drug-likeness (QED) is 0.727. The van der Waals surface area contributed by atoms with Crippen LogP contribution in [0.5, 0.6) is 0 Å². The number of nitrogen functional groups attached to an aromatic ring is 1. The van der Waals surface area contributed by atoms with E-state index in [-0.39, 0.29) is 0 Å². The number of aromatic nitrogens is 1. The number of hydrogen-bond donors (Lipinski definition) is 3.